The van der Waals surface area contributed by atoms with Gasteiger partial charge in [0.15, 0.2) is 0 Å². The highest BCUT2D eigenvalue weighted by atomic mass is 79.9. The predicted molar refractivity (Wildman–Crippen MR) is 164 cm³/mol. The molecule has 0 radical (unpaired) electrons. The minimum atomic E-state index is -0.125. The molecule has 4 heteroatoms. The molecular formula is C35H43BrN2O. The van der Waals surface area contributed by atoms with Crippen molar-refractivity contribution in [1.82, 2.24) is 0 Å². The van der Waals surface area contributed by atoms with Crippen LogP contribution in [-0.2, 0) is 0 Å². The number of hydrogen-bond acceptors (Lipinski definition) is 3. The second kappa shape index (κ2) is 9.58. The average Bonchev–Trinajstić information content (AvgIpc) is 3.51. The van der Waals surface area contributed by atoms with Crippen molar-refractivity contribution >= 4 is 27.3 Å². The number of aliphatic hydroxyl groups is 1. The smallest absolute Gasteiger partial charge is 0.0828 e. The van der Waals surface area contributed by atoms with Crippen LogP contribution in [0.2, 0.25) is 0 Å². The lowest BCUT2D eigenvalue weighted by molar-refractivity contribution is -0.0424. The Morgan fingerprint density at radius 2 is 1.72 bits per heavy atom. The maximum Gasteiger partial charge on any atom is 0.0828 e. The summed E-state index contributed by atoms with van der Waals surface area (Å²) in [6, 6.07) is 17.9. The molecule has 4 aliphatic carbocycles. The van der Waals surface area contributed by atoms with Crippen LogP contribution in [0.3, 0.4) is 0 Å². The number of halogens is 1. The first-order chi connectivity index (χ1) is 18.8. The van der Waals surface area contributed by atoms with E-state index in [1.54, 1.807) is 5.57 Å². The standard InChI is InChI=1S/C35H43BrN2O/c1-22-8-10-23(11-9-22)33-21-31(37-38(33)32-7-5-4-6-30(32)36)29-15-14-27-26-13-12-24-20-25(39)16-18-34(24,2)28(26)17-19-35(27,29)3/h4-12,25-29,33,39H,13-21H2,1-3H3/t25-,26-,27-,28-,29+,33?,34-,35-/m0/s1. The maximum atomic E-state index is 10.4. The Morgan fingerprint density at radius 1 is 0.923 bits per heavy atom. The van der Waals surface area contributed by atoms with Gasteiger partial charge >= 0.3 is 0 Å². The number of aliphatic hydroxyl groups excluding tert-OH is 1. The van der Waals surface area contributed by atoms with Crippen LogP contribution in [0.15, 0.2) is 69.8 Å². The van der Waals surface area contributed by atoms with E-state index in [2.05, 4.69) is 96.3 Å². The molecule has 0 spiro atoms. The number of fused-ring (bicyclic) bond motifs is 5. The third-order valence-electron chi connectivity index (χ3n) is 12.0. The Bertz CT molecular complexity index is 1320. The molecule has 39 heavy (non-hydrogen) atoms. The fourth-order valence-electron chi connectivity index (χ4n) is 9.84. The fourth-order valence-corrected chi connectivity index (χ4v) is 10.3. The van der Waals surface area contributed by atoms with E-state index in [0.29, 0.717) is 16.7 Å². The summed E-state index contributed by atoms with van der Waals surface area (Å²) in [5.74, 6) is 2.91. The van der Waals surface area contributed by atoms with Crippen molar-refractivity contribution < 1.29 is 5.11 Å². The number of allylic oxidation sites excluding steroid dienone is 1. The second-order valence-corrected chi connectivity index (χ2v) is 14.7. The highest BCUT2D eigenvalue weighted by molar-refractivity contribution is 9.10. The van der Waals surface area contributed by atoms with Gasteiger partial charge in [0.25, 0.3) is 0 Å². The van der Waals surface area contributed by atoms with E-state index in [0.717, 1.165) is 41.5 Å². The van der Waals surface area contributed by atoms with Crippen LogP contribution in [0.25, 0.3) is 0 Å². The number of nitrogens with zero attached hydrogens (tertiary/aromatic N) is 2. The Morgan fingerprint density at radius 3 is 2.51 bits per heavy atom. The zero-order valence-electron chi connectivity index (χ0n) is 23.7. The first kappa shape index (κ1) is 26.0. The van der Waals surface area contributed by atoms with E-state index in [4.69, 9.17) is 5.10 Å². The number of hydrogen-bond donors (Lipinski definition) is 1. The normalized spacial score (nSPS) is 39.5. The lowest BCUT2D eigenvalue weighted by Crippen LogP contribution is -2.51. The monoisotopic (exact) mass is 586 g/mol. The molecule has 206 valence electrons. The Hall–Kier alpha value is -1.91. The molecule has 2 aromatic rings. The summed E-state index contributed by atoms with van der Waals surface area (Å²) < 4.78 is 1.11. The van der Waals surface area contributed by atoms with E-state index >= 15 is 0 Å². The van der Waals surface area contributed by atoms with Crippen LogP contribution in [-0.4, -0.2) is 16.9 Å². The largest absolute Gasteiger partial charge is 0.393 e. The molecule has 1 aliphatic heterocycles. The van der Waals surface area contributed by atoms with Gasteiger partial charge in [0.05, 0.1) is 17.8 Å². The number of benzene rings is 2. The first-order valence-corrected chi connectivity index (χ1v) is 16.1. The second-order valence-electron chi connectivity index (χ2n) is 13.8. The predicted octanol–water partition coefficient (Wildman–Crippen LogP) is 9.00. The van der Waals surface area contributed by atoms with Crippen molar-refractivity contribution in [2.45, 2.75) is 90.7 Å². The molecule has 0 saturated heterocycles. The molecule has 3 saturated carbocycles. The zero-order chi connectivity index (χ0) is 26.9. The number of hydrazone groups is 1. The molecule has 7 rings (SSSR count). The van der Waals surface area contributed by atoms with Gasteiger partial charge in [-0.3, -0.25) is 5.01 Å². The van der Waals surface area contributed by atoms with Crippen molar-refractivity contribution in [2.24, 2.45) is 39.6 Å². The van der Waals surface area contributed by atoms with Crippen LogP contribution in [0.5, 0.6) is 0 Å². The number of anilines is 1. The van der Waals surface area contributed by atoms with E-state index in [9.17, 15) is 5.11 Å². The molecule has 0 aromatic heterocycles. The average molecular weight is 588 g/mol. The molecule has 3 nitrogen and oxygen atoms in total. The van der Waals surface area contributed by atoms with Gasteiger partial charge in [0.2, 0.25) is 0 Å². The molecule has 3 fully saturated rings. The SMILES string of the molecule is Cc1ccc(C2CC([C@H]3CC[C@H]4[C@@H]5CC=C6C[C@@H](O)CC[C@]6(C)[C@H]5CC[C@]34C)=NN2c2ccccc2Br)cc1. The summed E-state index contributed by atoms with van der Waals surface area (Å²) >= 11 is 3.83. The van der Waals surface area contributed by atoms with Gasteiger partial charge in [0.1, 0.15) is 0 Å². The van der Waals surface area contributed by atoms with Crippen molar-refractivity contribution in [1.29, 1.82) is 0 Å². The molecule has 1 heterocycles. The third kappa shape index (κ3) is 4.10. The van der Waals surface area contributed by atoms with Crippen molar-refractivity contribution in [2.75, 3.05) is 5.01 Å². The van der Waals surface area contributed by atoms with Crippen LogP contribution in [0.4, 0.5) is 5.69 Å². The van der Waals surface area contributed by atoms with Crippen LogP contribution >= 0.6 is 15.9 Å². The maximum absolute atomic E-state index is 10.4. The molecule has 1 unspecified atom stereocenters. The molecule has 0 amide bonds. The highest BCUT2D eigenvalue weighted by Crippen LogP contribution is 2.67. The minimum Gasteiger partial charge on any atom is -0.393 e. The minimum absolute atomic E-state index is 0.125. The number of para-hydroxylation sites is 1. The van der Waals surface area contributed by atoms with Gasteiger partial charge in [-0.05, 0) is 121 Å². The van der Waals surface area contributed by atoms with Crippen molar-refractivity contribution in [3.8, 4) is 0 Å². The first-order valence-electron chi connectivity index (χ1n) is 15.3. The molecule has 5 aliphatic rings. The van der Waals surface area contributed by atoms with Crippen molar-refractivity contribution in [3.05, 3.63) is 75.8 Å². The van der Waals surface area contributed by atoms with Gasteiger partial charge < -0.3 is 5.11 Å². The summed E-state index contributed by atoms with van der Waals surface area (Å²) in [5.41, 5.74) is 7.47. The molecule has 8 atom stereocenters. The van der Waals surface area contributed by atoms with Gasteiger partial charge in [-0.25, -0.2) is 0 Å². The molecule has 2 aromatic carbocycles. The topological polar surface area (TPSA) is 35.8 Å². The summed E-state index contributed by atoms with van der Waals surface area (Å²) in [4.78, 5) is 0. The van der Waals surface area contributed by atoms with Crippen LogP contribution < -0.4 is 5.01 Å². The fraction of sp³-hybridized carbons (Fsp3) is 0.571. The molecule has 0 bridgehead atoms. The Balaban J connectivity index is 1.20. The van der Waals surface area contributed by atoms with Crippen LogP contribution in [0, 0.1) is 41.4 Å². The van der Waals surface area contributed by atoms with Crippen molar-refractivity contribution in [3.63, 3.8) is 0 Å². The lowest BCUT2D eigenvalue weighted by Gasteiger charge is -2.58. The Kier molecular flexibility index (Phi) is 6.39. The Labute approximate surface area is 242 Å². The van der Waals surface area contributed by atoms with Gasteiger partial charge in [0, 0.05) is 22.5 Å². The van der Waals surface area contributed by atoms with E-state index < -0.39 is 0 Å². The number of rotatable bonds is 3. The van der Waals surface area contributed by atoms with Crippen LogP contribution in [0.1, 0.15) is 88.8 Å². The highest BCUT2D eigenvalue weighted by Gasteiger charge is 2.59. The number of aryl methyl sites for hydroxylation is 1. The van der Waals surface area contributed by atoms with Gasteiger partial charge in [-0.1, -0.05) is 67.5 Å². The van der Waals surface area contributed by atoms with E-state index in [1.807, 2.05) is 0 Å². The summed E-state index contributed by atoms with van der Waals surface area (Å²) in [7, 11) is 0. The summed E-state index contributed by atoms with van der Waals surface area (Å²) in [6.45, 7) is 7.34. The molecular weight excluding hydrogens is 544 g/mol. The van der Waals surface area contributed by atoms with Gasteiger partial charge in [-0.15, -0.1) is 0 Å². The summed E-state index contributed by atoms with van der Waals surface area (Å²) in [5, 5.41) is 18.2. The quantitative estimate of drug-likeness (QED) is 0.364. The van der Waals surface area contributed by atoms with Gasteiger partial charge in [-0.2, -0.15) is 5.10 Å². The third-order valence-corrected chi connectivity index (χ3v) is 12.6. The lowest BCUT2D eigenvalue weighted by atomic mass is 9.47. The molecule has 1 N–H and O–H groups in total. The zero-order valence-corrected chi connectivity index (χ0v) is 25.3. The summed E-state index contributed by atoms with van der Waals surface area (Å²) in [6.07, 6.45) is 13.0. The van der Waals surface area contributed by atoms with E-state index in [-0.39, 0.29) is 12.1 Å². The van der Waals surface area contributed by atoms with E-state index in [1.165, 1.54) is 61.1 Å².